The Morgan fingerprint density at radius 1 is 1.56 bits per heavy atom. The average molecular weight is 313 g/mol. The van der Waals surface area contributed by atoms with E-state index in [4.69, 9.17) is 0 Å². The van der Waals surface area contributed by atoms with Gasteiger partial charge in [-0.25, -0.2) is 0 Å². The van der Waals surface area contributed by atoms with Crippen LogP contribution in [0.2, 0.25) is 0 Å². The molecule has 1 aromatic carbocycles. The van der Waals surface area contributed by atoms with Crippen LogP contribution in [0.3, 0.4) is 0 Å². The lowest BCUT2D eigenvalue weighted by Gasteiger charge is -2.11. The van der Waals surface area contributed by atoms with Crippen LogP contribution in [0.4, 0.5) is 0 Å². The lowest BCUT2D eigenvalue weighted by atomic mass is 10.1. The zero-order valence-electron chi connectivity index (χ0n) is 10.1. The van der Waals surface area contributed by atoms with Crippen molar-refractivity contribution in [2.24, 2.45) is 0 Å². The Labute approximate surface area is 115 Å². The summed E-state index contributed by atoms with van der Waals surface area (Å²) < 4.78 is 0.592. The van der Waals surface area contributed by atoms with E-state index >= 15 is 0 Å². The van der Waals surface area contributed by atoms with Crippen LogP contribution in [0.1, 0.15) is 29.6 Å². The maximum atomic E-state index is 11.8. The highest BCUT2D eigenvalue weighted by Gasteiger charge is 2.14. The standard InChI is InChI=1S/C13H17BrN2O2/c14-11-4-3-9(8-12(11)17)13(18)16-7-5-10-2-1-6-15-10/h3-4,8,10,15,17H,1-2,5-7H2,(H,16,18)/t10-/m0/s1. The summed E-state index contributed by atoms with van der Waals surface area (Å²) in [6, 6.07) is 5.35. The number of carbonyl (C=O) groups excluding carboxylic acids is 1. The second-order valence-electron chi connectivity index (χ2n) is 4.50. The van der Waals surface area contributed by atoms with E-state index in [1.807, 2.05) is 0 Å². The molecule has 1 aliphatic rings. The van der Waals surface area contributed by atoms with Gasteiger partial charge in [0.15, 0.2) is 0 Å². The van der Waals surface area contributed by atoms with Crippen molar-refractivity contribution in [1.82, 2.24) is 10.6 Å². The maximum Gasteiger partial charge on any atom is 0.251 e. The molecule has 1 saturated heterocycles. The van der Waals surface area contributed by atoms with Gasteiger partial charge < -0.3 is 15.7 Å². The largest absolute Gasteiger partial charge is 0.507 e. The number of phenolic OH excluding ortho intramolecular Hbond substituents is 1. The lowest BCUT2D eigenvalue weighted by molar-refractivity contribution is 0.0952. The zero-order chi connectivity index (χ0) is 13.0. The molecule has 0 aromatic heterocycles. The van der Waals surface area contributed by atoms with Crippen LogP contribution in [0.25, 0.3) is 0 Å². The van der Waals surface area contributed by atoms with Crippen LogP contribution in [0.5, 0.6) is 5.75 Å². The Morgan fingerprint density at radius 3 is 3.06 bits per heavy atom. The van der Waals surface area contributed by atoms with Gasteiger partial charge >= 0.3 is 0 Å². The van der Waals surface area contributed by atoms with Crippen LogP contribution in [-0.4, -0.2) is 30.1 Å². The minimum Gasteiger partial charge on any atom is -0.507 e. The third kappa shape index (κ3) is 3.46. The predicted octanol–water partition coefficient (Wildman–Crippen LogP) is 2.03. The van der Waals surface area contributed by atoms with E-state index < -0.39 is 0 Å². The summed E-state index contributed by atoms with van der Waals surface area (Å²) in [5, 5.41) is 15.8. The van der Waals surface area contributed by atoms with Crippen molar-refractivity contribution < 1.29 is 9.90 Å². The first kappa shape index (κ1) is 13.4. The molecule has 1 atom stereocenters. The highest BCUT2D eigenvalue weighted by atomic mass is 79.9. The Kier molecular flexibility index (Phi) is 4.60. The number of halogens is 1. The molecule has 1 aromatic rings. The second-order valence-corrected chi connectivity index (χ2v) is 5.36. The Bertz CT molecular complexity index is 431. The van der Waals surface area contributed by atoms with Crippen LogP contribution in [0, 0.1) is 0 Å². The molecule has 98 valence electrons. The number of nitrogens with one attached hydrogen (secondary N) is 2. The van der Waals surface area contributed by atoms with Crippen LogP contribution in [-0.2, 0) is 0 Å². The van der Waals surface area contributed by atoms with Gasteiger partial charge in [-0.1, -0.05) is 0 Å². The van der Waals surface area contributed by atoms with Crippen LogP contribution in [0.15, 0.2) is 22.7 Å². The fourth-order valence-corrected chi connectivity index (χ4v) is 2.37. The number of amides is 1. The van der Waals surface area contributed by atoms with Crippen LogP contribution >= 0.6 is 15.9 Å². The number of hydrogen-bond acceptors (Lipinski definition) is 3. The van der Waals surface area contributed by atoms with Crippen molar-refractivity contribution in [2.45, 2.75) is 25.3 Å². The molecule has 1 amide bonds. The number of aromatic hydroxyl groups is 1. The van der Waals surface area contributed by atoms with Gasteiger partial charge in [-0.2, -0.15) is 0 Å². The van der Waals surface area contributed by atoms with E-state index in [0.717, 1.165) is 13.0 Å². The fourth-order valence-electron chi connectivity index (χ4n) is 2.12. The Morgan fingerprint density at radius 2 is 2.39 bits per heavy atom. The van der Waals surface area contributed by atoms with Gasteiger partial charge in [-0.3, -0.25) is 4.79 Å². The Hall–Kier alpha value is -1.07. The summed E-state index contributed by atoms with van der Waals surface area (Å²) in [5.41, 5.74) is 0.482. The lowest BCUT2D eigenvalue weighted by Crippen LogP contribution is -2.30. The smallest absolute Gasteiger partial charge is 0.251 e. The summed E-state index contributed by atoms with van der Waals surface area (Å²) in [4.78, 5) is 11.8. The minimum atomic E-state index is -0.143. The first-order chi connectivity index (χ1) is 8.66. The number of hydrogen-bond donors (Lipinski definition) is 3. The summed E-state index contributed by atoms with van der Waals surface area (Å²) in [6.07, 6.45) is 3.36. The quantitative estimate of drug-likeness (QED) is 0.797. The molecule has 0 bridgehead atoms. The highest BCUT2D eigenvalue weighted by molar-refractivity contribution is 9.10. The maximum absolute atomic E-state index is 11.8. The first-order valence-corrected chi connectivity index (χ1v) is 6.96. The molecule has 0 unspecified atom stereocenters. The minimum absolute atomic E-state index is 0.0834. The monoisotopic (exact) mass is 312 g/mol. The summed E-state index contributed by atoms with van der Waals surface area (Å²) >= 11 is 3.19. The third-order valence-corrected chi connectivity index (χ3v) is 3.82. The molecule has 3 N–H and O–H groups in total. The van der Waals surface area contributed by atoms with Gasteiger partial charge in [0.05, 0.1) is 4.47 Å². The number of rotatable bonds is 4. The normalized spacial score (nSPS) is 18.8. The van der Waals surface area contributed by atoms with Gasteiger partial charge in [0.2, 0.25) is 0 Å². The summed E-state index contributed by atoms with van der Waals surface area (Å²) in [6.45, 7) is 1.74. The van der Waals surface area contributed by atoms with Gasteiger partial charge in [-0.15, -0.1) is 0 Å². The van der Waals surface area contributed by atoms with Gasteiger partial charge in [0, 0.05) is 18.2 Å². The SMILES string of the molecule is O=C(NCC[C@@H]1CCCN1)c1ccc(Br)c(O)c1. The number of phenols is 1. The average Bonchev–Trinajstić information content (AvgIpc) is 2.85. The molecule has 4 nitrogen and oxygen atoms in total. The van der Waals surface area contributed by atoms with Crippen molar-refractivity contribution in [1.29, 1.82) is 0 Å². The molecule has 2 rings (SSSR count). The van der Waals surface area contributed by atoms with Gasteiger partial charge in [-0.05, 0) is 59.9 Å². The van der Waals surface area contributed by atoms with Gasteiger partial charge in [0.25, 0.3) is 5.91 Å². The van der Waals surface area contributed by atoms with Gasteiger partial charge in [0.1, 0.15) is 5.75 Å². The molecule has 1 fully saturated rings. The highest BCUT2D eigenvalue weighted by Crippen LogP contribution is 2.24. The second kappa shape index (κ2) is 6.20. The molecule has 18 heavy (non-hydrogen) atoms. The third-order valence-electron chi connectivity index (χ3n) is 3.15. The molecule has 1 aliphatic heterocycles. The zero-order valence-corrected chi connectivity index (χ0v) is 11.7. The molecular weight excluding hydrogens is 296 g/mol. The van der Waals surface area contributed by atoms with E-state index in [2.05, 4.69) is 26.6 Å². The predicted molar refractivity (Wildman–Crippen MR) is 73.8 cm³/mol. The first-order valence-electron chi connectivity index (χ1n) is 6.17. The summed E-state index contributed by atoms with van der Waals surface area (Å²) in [7, 11) is 0. The van der Waals surface area contributed by atoms with Crippen molar-refractivity contribution in [3.63, 3.8) is 0 Å². The van der Waals surface area contributed by atoms with E-state index in [1.165, 1.54) is 18.9 Å². The van der Waals surface area contributed by atoms with E-state index in [-0.39, 0.29) is 11.7 Å². The van der Waals surface area contributed by atoms with E-state index in [0.29, 0.717) is 22.6 Å². The van der Waals surface area contributed by atoms with Crippen molar-refractivity contribution in [3.8, 4) is 5.75 Å². The molecular formula is C13H17BrN2O2. The van der Waals surface area contributed by atoms with Crippen molar-refractivity contribution >= 4 is 21.8 Å². The molecule has 0 aliphatic carbocycles. The van der Waals surface area contributed by atoms with E-state index in [1.54, 1.807) is 12.1 Å². The number of carbonyl (C=O) groups is 1. The van der Waals surface area contributed by atoms with Crippen LogP contribution < -0.4 is 10.6 Å². The molecule has 5 heteroatoms. The fraction of sp³-hybridized carbons (Fsp3) is 0.462. The molecule has 1 heterocycles. The number of benzene rings is 1. The van der Waals surface area contributed by atoms with Crippen molar-refractivity contribution in [3.05, 3.63) is 28.2 Å². The molecule has 0 saturated carbocycles. The molecule has 0 spiro atoms. The topological polar surface area (TPSA) is 61.4 Å². The van der Waals surface area contributed by atoms with E-state index in [9.17, 15) is 9.90 Å². The molecule has 0 radical (unpaired) electrons. The van der Waals surface area contributed by atoms with Crippen molar-refractivity contribution in [2.75, 3.05) is 13.1 Å². The summed E-state index contributed by atoms with van der Waals surface area (Å²) in [5.74, 6) is -0.0593. The Balaban J connectivity index is 1.81.